The van der Waals surface area contributed by atoms with Gasteiger partial charge in [0.15, 0.2) is 0 Å². The van der Waals surface area contributed by atoms with E-state index >= 15 is 0 Å². The van der Waals surface area contributed by atoms with Crippen LogP contribution in [0.25, 0.3) is 0 Å². The minimum absolute atomic E-state index is 0.118. The molecule has 0 aliphatic rings. The summed E-state index contributed by atoms with van der Waals surface area (Å²) in [4.78, 5) is 6.59. The van der Waals surface area contributed by atoms with Crippen LogP contribution in [0, 0.1) is 20.8 Å². The highest BCUT2D eigenvalue weighted by molar-refractivity contribution is 7.80. The summed E-state index contributed by atoms with van der Waals surface area (Å²) in [5.41, 5.74) is 11.6. The van der Waals surface area contributed by atoms with Crippen molar-refractivity contribution in [2.24, 2.45) is 10.7 Å². The summed E-state index contributed by atoms with van der Waals surface area (Å²) in [5.74, 6) is 1.08. The molecule has 0 aliphatic carbocycles. The lowest BCUT2D eigenvalue weighted by molar-refractivity contribution is 0.277. The molecule has 2 aromatic carbocycles. The van der Waals surface area contributed by atoms with E-state index in [1.807, 2.05) is 44.2 Å². The summed E-state index contributed by atoms with van der Waals surface area (Å²) < 4.78 is 5.81. The number of thiocarbonyl (C=S) groups is 1. The maximum atomic E-state index is 6.06. The lowest BCUT2D eigenvalue weighted by atomic mass is 10.0. The largest absolute Gasteiger partial charge is 0.430 e. The number of rotatable bonds is 6. The minimum Gasteiger partial charge on any atom is -0.430 e. The van der Waals surface area contributed by atoms with Crippen molar-refractivity contribution in [3.63, 3.8) is 0 Å². The number of nitrogens with zero attached hydrogens (tertiary/aromatic N) is 2. The first-order chi connectivity index (χ1) is 13.2. The van der Waals surface area contributed by atoms with Crippen LogP contribution in [0.15, 0.2) is 41.4 Å². The monoisotopic (exact) mass is 397 g/mol. The van der Waals surface area contributed by atoms with Gasteiger partial charge < -0.3 is 15.4 Å². The Kier molecular flexibility index (Phi) is 7.72. The van der Waals surface area contributed by atoms with Crippen molar-refractivity contribution in [3.05, 3.63) is 64.2 Å². The summed E-state index contributed by atoms with van der Waals surface area (Å²) in [6.45, 7) is 11.6. The molecule has 0 saturated carbocycles. The molecule has 0 aliphatic heterocycles. The molecular weight excluding hydrogens is 366 g/mol. The molecule has 0 saturated heterocycles. The average Bonchev–Trinajstić information content (AvgIpc) is 2.63. The van der Waals surface area contributed by atoms with Crippen molar-refractivity contribution >= 4 is 23.2 Å². The van der Waals surface area contributed by atoms with Crippen LogP contribution in [0.2, 0.25) is 0 Å². The summed E-state index contributed by atoms with van der Waals surface area (Å²) in [5, 5.41) is 0.118. The van der Waals surface area contributed by atoms with Crippen LogP contribution < -0.4 is 10.5 Å². The zero-order valence-corrected chi connectivity index (χ0v) is 18.6. The Balaban J connectivity index is 2.09. The molecule has 0 radical (unpaired) electrons. The van der Waals surface area contributed by atoms with E-state index in [1.54, 1.807) is 0 Å². The Labute approximate surface area is 174 Å². The Morgan fingerprint density at radius 3 is 2.36 bits per heavy atom. The van der Waals surface area contributed by atoms with Gasteiger partial charge in [0.25, 0.3) is 5.17 Å². The Morgan fingerprint density at radius 1 is 1.11 bits per heavy atom. The van der Waals surface area contributed by atoms with E-state index in [1.165, 1.54) is 16.7 Å². The van der Waals surface area contributed by atoms with E-state index in [0.29, 0.717) is 11.9 Å². The molecule has 2 rings (SSSR count). The molecule has 2 N–H and O–H groups in total. The molecular formula is C23H31N3OS. The molecule has 5 heteroatoms. The number of hydrogen-bond donors (Lipinski definition) is 1. The van der Waals surface area contributed by atoms with Gasteiger partial charge in [-0.2, -0.15) is 4.99 Å². The molecule has 0 aromatic heterocycles. The number of aryl methyl sites for hydroxylation is 3. The molecule has 0 bridgehead atoms. The van der Waals surface area contributed by atoms with Crippen LogP contribution in [0.1, 0.15) is 41.7 Å². The fraction of sp³-hybridized carbons (Fsp3) is 0.391. The van der Waals surface area contributed by atoms with Crippen LogP contribution in [-0.4, -0.2) is 35.5 Å². The van der Waals surface area contributed by atoms with Gasteiger partial charge in [-0.05, 0) is 83.1 Å². The number of hydrogen-bond acceptors (Lipinski definition) is 3. The maximum absolute atomic E-state index is 6.06. The van der Waals surface area contributed by atoms with Crippen LogP contribution >= 0.6 is 12.2 Å². The Bertz CT molecular complexity index is 857. The van der Waals surface area contributed by atoms with E-state index in [9.17, 15) is 0 Å². The van der Waals surface area contributed by atoms with E-state index in [2.05, 4.69) is 43.8 Å². The summed E-state index contributed by atoms with van der Waals surface area (Å²) in [6, 6.07) is 12.6. The normalized spacial score (nSPS) is 11.9. The number of amidine groups is 1. The number of benzene rings is 2. The third kappa shape index (κ3) is 6.14. The third-order valence-electron chi connectivity index (χ3n) is 5.01. The van der Waals surface area contributed by atoms with Gasteiger partial charge in [0, 0.05) is 18.2 Å². The second kappa shape index (κ2) is 9.80. The lowest BCUT2D eigenvalue weighted by Crippen LogP contribution is -2.28. The number of aliphatic imine (C=N–C) groups is 1. The Morgan fingerprint density at radius 2 is 1.75 bits per heavy atom. The topological polar surface area (TPSA) is 50.9 Å². The number of nitrogens with two attached hydrogens (primary N) is 1. The van der Waals surface area contributed by atoms with Crippen LogP contribution in [-0.2, 0) is 6.42 Å². The van der Waals surface area contributed by atoms with E-state index in [0.717, 1.165) is 29.8 Å². The van der Waals surface area contributed by atoms with E-state index < -0.39 is 0 Å². The molecule has 0 unspecified atom stereocenters. The number of ether oxygens (including phenoxy) is 1. The molecule has 2 aromatic rings. The third-order valence-corrected chi connectivity index (χ3v) is 5.18. The summed E-state index contributed by atoms with van der Waals surface area (Å²) in [6.07, 6.45) is 1.00. The predicted molar refractivity (Wildman–Crippen MR) is 123 cm³/mol. The second-order valence-corrected chi connectivity index (χ2v) is 7.95. The second-order valence-electron chi connectivity index (χ2n) is 7.60. The van der Waals surface area contributed by atoms with E-state index in [-0.39, 0.29) is 5.17 Å². The zero-order chi connectivity index (χ0) is 20.8. The quantitative estimate of drug-likeness (QED) is 0.441. The van der Waals surface area contributed by atoms with Gasteiger partial charge in [-0.15, -0.1) is 0 Å². The van der Waals surface area contributed by atoms with Gasteiger partial charge in [0.1, 0.15) is 11.6 Å². The van der Waals surface area contributed by atoms with Crippen LogP contribution in [0.3, 0.4) is 0 Å². The molecule has 0 atom stereocenters. The van der Waals surface area contributed by atoms with Gasteiger partial charge in [-0.25, -0.2) is 0 Å². The highest BCUT2D eigenvalue weighted by Crippen LogP contribution is 2.24. The first kappa shape index (κ1) is 22.1. The highest BCUT2D eigenvalue weighted by Gasteiger charge is 2.10. The van der Waals surface area contributed by atoms with Gasteiger partial charge in [-0.3, -0.25) is 0 Å². The maximum Gasteiger partial charge on any atom is 0.290 e. The molecule has 28 heavy (non-hydrogen) atoms. The van der Waals surface area contributed by atoms with Gasteiger partial charge >= 0.3 is 0 Å². The van der Waals surface area contributed by atoms with Crippen molar-refractivity contribution in [1.29, 1.82) is 0 Å². The lowest BCUT2D eigenvalue weighted by Gasteiger charge is -2.21. The van der Waals surface area contributed by atoms with Gasteiger partial charge in [-0.1, -0.05) is 35.9 Å². The fourth-order valence-electron chi connectivity index (χ4n) is 2.79. The van der Waals surface area contributed by atoms with Gasteiger partial charge in [0.05, 0.1) is 0 Å². The zero-order valence-electron chi connectivity index (χ0n) is 17.7. The average molecular weight is 398 g/mol. The van der Waals surface area contributed by atoms with E-state index in [4.69, 9.17) is 22.7 Å². The molecule has 4 nitrogen and oxygen atoms in total. The Hall–Kier alpha value is -2.24. The standard InChI is InChI=1S/C23H31N3OS/c1-15(2)26(6)12-11-20-13-18(5)21(14-17(20)4)27-23(28)25-22(24)19-9-7-16(3)8-10-19/h7-10,13-15H,11-12H2,1-6H3,(H2,24,25,28). The summed E-state index contributed by atoms with van der Waals surface area (Å²) in [7, 11) is 2.15. The van der Waals surface area contributed by atoms with Crippen molar-refractivity contribution in [1.82, 2.24) is 4.90 Å². The SMILES string of the molecule is Cc1ccc(C(N)=NC(=S)Oc2cc(C)c(CCN(C)C(C)C)cc2C)cc1. The van der Waals surface area contributed by atoms with Crippen LogP contribution in [0.4, 0.5) is 0 Å². The first-order valence-electron chi connectivity index (χ1n) is 9.60. The van der Waals surface area contributed by atoms with Crippen LogP contribution in [0.5, 0.6) is 5.75 Å². The minimum atomic E-state index is 0.118. The molecule has 0 heterocycles. The van der Waals surface area contributed by atoms with Crippen molar-refractivity contribution in [3.8, 4) is 5.75 Å². The van der Waals surface area contributed by atoms with Crippen molar-refractivity contribution in [2.45, 2.75) is 47.1 Å². The molecule has 0 spiro atoms. The smallest absolute Gasteiger partial charge is 0.290 e. The first-order valence-corrected chi connectivity index (χ1v) is 10.0. The molecule has 0 amide bonds. The van der Waals surface area contributed by atoms with Crippen molar-refractivity contribution < 1.29 is 4.74 Å². The fourth-order valence-corrected chi connectivity index (χ4v) is 2.98. The van der Waals surface area contributed by atoms with Crippen molar-refractivity contribution in [2.75, 3.05) is 13.6 Å². The highest BCUT2D eigenvalue weighted by atomic mass is 32.1. The molecule has 150 valence electrons. The summed E-state index contributed by atoms with van der Waals surface area (Å²) >= 11 is 5.29. The van der Waals surface area contributed by atoms with Gasteiger partial charge in [0.2, 0.25) is 0 Å². The molecule has 0 fully saturated rings. The predicted octanol–water partition coefficient (Wildman–Crippen LogP) is 4.56. The number of likely N-dealkylation sites (N-methyl/N-ethyl adjacent to an activating group) is 1.